The summed E-state index contributed by atoms with van der Waals surface area (Å²) in [6.45, 7) is 5.51. The number of rotatable bonds is 2. The van der Waals surface area contributed by atoms with E-state index in [1.54, 1.807) is 6.08 Å². The molecular weight excluding hydrogens is 354 g/mol. The third kappa shape index (κ3) is 3.17. The molecule has 23 heavy (non-hydrogen) atoms. The van der Waals surface area contributed by atoms with E-state index in [4.69, 9.17) is 11.6 Å². The summed E-state index contributed by atoms with van der Waals surface area (Å²) in [7, 11) is 0. The normalized spacial score (nSPS) is 14.1. The summed E-state index contributed by atoms with van der Waals surface area (Å²) in [5, 5.41) is 2.25. The molecule has 1 N–H and O–H groups in total. The summed E-state index contributed by atoms with van der Waals surface area (Å²) in [4.78, 5) is 31.9. The summed E-state index contributed by atoms with van der Waals surface area (Å²) in [5.41, 5.74) is -0.0734. The van der Waals surface area contributed by atoms with Crippen molar-refractivity contribution >= 4 is 57.2 Å². The van der Waals surface area contributed by atoms with Gasteiger partial charge in [0.25, 0.3) is 5.56 Å². The maximum absolute atomic E-state index is 12.1. The molecule has 0 amide bonds. The van der Waals surface area contributed by atoms with E-state index in [9.17, 15) is 9.59 Å². The highest BCUT2D eigenvalue weighted by molar-refractivity contribution is 7.15. The SMILES string of the molecule is CC(C)(C)C(=O)/C=c1\[nH]c(=O)/c(=C\c2c(Cl)nc3sccn23)s1. The molecule has 0 radical (unpaired) electrons. The fourth-order valence-corrected chi connectivity index (χ4v) is 3.75. The van der Waals surface area contributed by atoms with Crippen LogP contribution in [0.1, 0.15) is 26.5 Å². The molecule has 3 rings (SSSR count). The van der Waals surface area contributed by atoms with E-state index >= 15 is 0 Å². The van der Waals surface area contributed by atoms with E-state index in [-0.39, 0.29) is 11.3 Å². The molecule has 0 saturated heterocycles. The maximum atomic E-state index is 12.1. The third-order valence-electron chi connectivity index (χ3n) is 3.20. The molecule has 0 aliphatic heterocycles. The third-order valence-corrected chi connectivity index (χ3v) is 5.20. The molecule has 0 aliphatic carbocycles. The Balaban J connectivity index is 2.13. The van der Waals surface area contributed by atoms with Crippen molar-refractivity contribution in [1.82, 2.24) is 14.4 Å². The summed E-state index contributed by atoms with van der Waals surface area (Å²) < 4.78 is 2.84. The molecule has 3 heterocycles. The number of halogens is 1. The molecule has 0 spiro atoms. The zero-order valence-electron chi connectivity index (χ0n) is 12.7. The number of carbonyl (C=O) groups excluding carboxylic acids is 1. The lowest BCUT2D eigenvalue weighted by atomic mass is 9.91. The second-order valence-electron chi connectivity index (χ2n) is 6.03. The largest absolute Gasteiger partial charge is 0.313 e. The van der Waals surface area contributed by atoms with E-state index in [0.29, 0.717) is 20.0 Å². The molecule has 0 unspecified atom stereocenters. The van der Waals surface area contributed by atoms with Gasteiger partial charge in [0, 0.05) is 23.1 Å². The number of hydrogen-bond acceptors (Lipinski definition) is 5. The zero-order valence-corrected chi connectivity index (χ0v) is 15.1. The number of aromatic amines is 1. The minimum absolute atomic E-state index is 0.0378. The quantitative estimate of drug-likeness (QED) is 0.753. The van der Waals surface area contributed by atoms with Crippen LogP contribution in [0.15, 0.2) is 16.4 Å². The first-order chi connectivity index (χ1) is 10.8. The predicted octanol–water partition coefficient (Wildman–Crippen LogP) is 2.02. The van der Waals surface area contributed by atoms with Gasteiger partial charge in [-0.25, -0.2) is 4.98 Å². The highest BCUT2D eigenvalue weighted by atomic mass is 35.5. The Morgan fingerprint density at radius 3 is 2.87 bits per heavy atom. The van der Waals surface area contributed by atoms with Crippen molar-refractivity contribution in [2.75, 3.05) is 0 Å². The number of ketones is 1. The lowest BCUT2D eigenvalue weighted by Crippen LogP contribution is -2.22. The number of H-pyrrole nitrogens is 1. The van der Waals surface area contributed by atoms with Crippen LogP contribution in [0.4, 0.5) is 0 Å². The summed E-state index contributed by atoms with van der Waals surface area (Å²) in [5.74, 6) is -0.0378. The molecule has 0 saturated carbocycles. The second kappa shape index (κ2) is 5.74. The van der Waals surface area contributed by atoms with Gasteiger partial charge in [-0.1, -0.05) is 32.4 Å². The van der Waals surface area contributed by atoms with Gasteiger partial charge in [-0.3, -0.25) is 14.0 Å². The Labute approximate surface area is 144 Å². The molecule has 8 heteroatoms. The molecule has 0 aliphatic rings. The molecule has 0 atom stereocenters. The fraction of sp³-hybridized carbons (Fsp3) is 0.267. The Morgan fingerprint density at radius 1 is 1.43 bits per heavy atom. The van der Waals surface area contributed by atoms with Gasteiger partial charge in [0.15, 0.2) is 15.9 Å². The smallest absolute Gasteiger partial charge is 0.266 e. The lowest BCUT2D eigenvalue weighted by Gasteiger charge is -2.12. The number of hydrogen-bond donors (Lipinski definition) is 1. The number of carbonyl (C=O) groups is 1. The van der Waals surface area contributed by atoms with E-state index in [0.717, 1.165) is 4.96 Å². The topological polar surface area (TPSA) is 67.2 Å². The zero-order chi connectivity index (χ0) is 16.8. The highest BCUT2D eigenvalue weighted by Gasteiger charge is 2.18. The maximum Gasteiger partial charge on any atom is 0.266 e. The monoisotopic (exact) mass is 367 g/mol. The van der Waals surface area contributed by atoms with Crippen molar-refractivity contribution in [3.8, 4) is 0 Å². The number of aromatic nitrogens is 3. The van der Waals surface area contributed by atoms with Crippen molar-refractivity contribution in [2.24, 2.45) is 5.41 Å². The van der Waals surface area contributed by atoms with Gasteiger partial charge < -0.3 is 4.98 Å². The standard InChI is InChI=1S/C15H14ClN3O2S2/c1-15(2,3)10(20)7-11-17-13(21)9(23-11)6-8-12(16)18-14-19(8)4-5-22-14/h4-7H,1-3H3,(H,17,21)/b9-6+,11-7+. The van der Waals surface area contributed by atoms with Crippen LogP contribution in [-0.4, -0.2) is 20.2 Å². The van der Waals surface area contributed by atoms with Gasteiger partial charge >= 0.3 is 0 Å². The van der Waals surface area contributed by atoms with Crippen LogP contribution in [0.25, 0.3) is 17.1 Å². The second-order valence-corrected chi connectivity index (χ2v) is 8.35. The summed E-state index contributed by atoms with van der Waals surface area (Å²) in [6, 6.07) is 0. The Morgan fingerprint density at radius 2 is 2.17 bits per heavy atom. The Bertz CT molecular complexity index is 1060. The van der Waals surface area contributed by atoms with Crippen LogP contribution in [0.3, 0.4) is 0 Å². The van der Waals surface area contributed by atoms with Crippen LogP contribution < -0.4 is 14.8 Å². The number of imidazole rings is 1. The van der Waals surface area contributed by atoms with Crippen molar-refractivity contribution in [2.45, 2.75) is 20.8 Å². The first-order valence-corrected chi connectivity index (χ1v) is 8.91. The van der Waals surface area contributed by atoms with Crippen LogP contribution in [0.2, 0.25) is 5.15 Å². The molecule has 120 valence electrons. The lowest BCUT2D eigenvalue weighted by molar-refractivity contribution is -0.119. The molecule has 0 fully saturated rings. The Kier molecular flexibility index (Phi) is 4.03. The molecule has 3 aromatic heterocycles. The van der Waals surface area contributed by atoms with Crippen LogP contribution >= 0.6 is 34.3 Å². The van der Waals surface area contributed by atoms with E-state index in [1.807, 2.05) is 36.7 Å². The minimum atomic E-state index is -0.484. The first kappa shape index (κ1) is 16.2. The van der Waals surface area contributed by atoms with Crippen molar-refractivity contribution in [3.63, 3.8) is 0 Å². The van der Waals surface area contributed by atoms with Crippen LogP contribution in [-0.2, 0) is 4.79 Å². The fourth-order valence-electron chi connectivity index (χ4n) is 1.89. The molecule has 3 aromatic rings. The summed E-state index contributed by atoms with van der Waals surface area (Å²) >= 11 is 8.83. The van der Waals surface area contributed by atoms with Gasteiger partial charge in [0.05, 0.1) is 14.9 Å². The van der Waals surface area contributed by atoms with Crippen molar-refractivity contribution in [1.29, 1.82) is 0 Å². The molecule has 0 aromatic carbocycles. The highest BCUT2D eigenvalue weighted by Crippen LogP contribution is 2.21. The number of fused-ring (bicyclic) bond motifs is 1. The molecule has 5 nitrogen and oxygen atoms in total. The average Bonchev–Trinajstić information content (AvgIpc) is 3.08. The summed E-state index contributed by atoms with van der Waals surface area (Å²) in [6.07, 6.45) is 5.02. The molecular formula is C15H14ClN3O2S2. The van der Waals surface area contributed by atoms with E-state index < -0.39 is 5.41 Å². The van der Waals surface area contributed by atoms with E-state index in [1.165, 1.54) is 28.7 Å². The minimum Gasteiger partial charge on any atom is -0.313 e. The van der Waals surface area contributed by atoms with Gasteiger partial charge in [-0.05, 0) is 6.08 Å². The first-order valence-electron chi connectivity index (χ1n) is 6.84. The number of Topliss-reactive ketones (excluding diaryl/α,β-unsaturated/α-hetero) is 1. The molecule has 0 bridgehead atoms. The average molecular weight is 368 g/mol. The van der Waals surface area contributed by atoms with Gasteiger partial charge in [-0.15, -0.1) is 22.7 Å². The van der Waals surface area contributed by atoms with Gasteiger partial charge in [0.1, 0.15) is 0 Å². The number of thiazole rings is 2. The Hall–Kier alpha value is -1.70. The van der Waals surface area contributed by atoms with Crippen molar-refractivity contribution in [3.05, 3.63) is 42.0 Å². The van der Waals surface area contributed by atoms with Gasteiger partial charge in [0.2, 0.25) is 0 Å². The van der Waals surface area contributed by atoms with Gasteiger partial charge in [-0.2, -0.15) is 0 Å². The van der Waals surface area contributed by atoms with Crippen LogP contribution in [0, 0.1) is 5.41 Å². The predicted molar refractivity (Wildman–Crippen MR) is 94.8 cm³/mol. The number of nitrogens with one attached hydrogen (secondary N) is 1. The number of nitrogens with zero attached hydrogens (tertiary/aromatic N) is 2. The van der Waals surface area contributed by atoms with E-state index in [2.05, 4.69) is 9.97 Å². The van der Waals surface area contributed by atoms with Crippen LogP contribution in [0.5, 0.6) is 0 Å². The van der Waals surface area contributed by atoms with Crippen molar-refractivity contribution < 1.29 is 4.79 Å².